The maximum atomic E-state index is 11.4. The van der Waals surface area contributed by atoms with E-state index in [1.807, 2.05) is 6.92 Å². The van der Waals surface area contributed by atoms with E-state index in [-0.39, 0.29) is 16.7 Å². The van der Waals surface area contributed by atoms with Crippen LogP contribution in [0.4, 0.5) is 0 Å². The SMILES string of the molecule is CC1(C)CCC(C)(C)c2cc(C3CC3(C)C(=O)O)ccc21. The molecule has 0 radical (unpaired) electrons. The fourth-order valence-corrected chi connectivity index (χ4v) is 3.91. The van der Waals surface area contributed by atoms with Gasteiger partial charge >= 0.3 is 5.97 Å². The normalized spacial score (nSPS) is 32.3. The third-order valence-electron chi connectivity index (χ3n) is 6.00. The Morgan fingerprint density at radius 2 is 1.62 bits per heavy atom. The molecule has 2 heteroatoms. The lowest BCUT2D eigenvalue weighted by Gasteiger charge is -2.42. The highest BCUT2D eigenvalue weighted by atomic mass is 16.4. The number of rotatable bonds is 2. The van der Waals surface area contributed by atoms with E-state index < -0.39 is 11.4 Å². The van der Waals surface area contributed by atoms with Crippen LogP contribution in [-0.2, 0) is 15.6 Å². The van der Waals surface area contributed by atoms with Crippen molar-refractivity contribution in [3.8, 4) is 0 Å². The molecule has 0 bridgehead atoms. The monoisotopic (exact) mass is 286 g/mol. The molecule has 0 heterocycles. The summed E-state index contributed by atoms with van der Waals surface area (Å²) in [6.07, 6.45) is 3.17. The van der Waals surface area contributed by atoms with Crippen molar-refractivity contribution in [2.45, 2.75) is 70.6 Å². The largest absolute Gasteiger partial charge is 0.481 e. The predicted octanol–water partition coefficient (Wildman–Crippen LogP) is 4.61. The molecule has 2 nitrogen and oxygen atoms in total. The molecule has 2 aliphatic rings. The Morgan fingerprint density at radius 1 is 1.05 bits per heavy atom. The molecule has 0 aromatic heterocycles. The molecule has 1 saturated carbocycles. The first-order valence-corrected chi connectivity index (χ1v) is 7.96. The van der Waals surface area contributed by atoms with Crippen LogP contribution in [0.25, 0.3) is 0 Å². The van der Waals surface area contributed by atoms with E-state index in [4.69, 9.17) is 0 Å². The van der Waals surface area contributed by atoms with Crippen LogP contribution in [0.15, 0.2) is 18.2 Å². The number of carboxylic acids is 1. The standard InChI is InChI=1S/C19H26O2/c1-17(2)8-9-18(3,4)14-10-12(6-7-13(14)17)15-11-19(15,5)16(20)21/h6-7,10,15H,8-9,11H2,1-5H3,(H,20,21). The van der Waals surface area contributed by atoms with Gasteiger partial charge < -0.3 is 5.11 Å². The Morgan fingerprint density at radius 3 is 2.14 bits per heavy atom. The van der Waals surface area contributed by atoms with Crippen LogP contribution in [0.3, 0.4) is 0 Å². The van der Waals surface area contributed by atoms with Crippen molar-refractivity contribution < 1.29 is 9.90 Å². The van der Waals surface area contributed by atoms with Gasteiger partial charge in [0.05, 0.1) is 5.41 Å². The van der Waals surface area contributed by atoms with Crippen molar-refractivity contribution in [2.75, 3.05) is 0 Å². The highest BCUT2D eigenvalue weighted by Gasteiger charge is 2.57. The summed E-state index contributed by atoms with van der Waals surface area (Å²) < 4.78 is 0. The zero-order valence-electron chi connectivity index (χ0n) is 13.8. The van der Waals surface area contributed by atoms with Gasteiger partial charge in [-0.2, -0.15) is 0 Å². The van der Waals surface area contributed by atoms with Crippen molar-refractivity contribution in [1.82, 2.24) is 0 Å². The molecule has 1 aromatic rings. The summed E-state index contributed by atoms with van der Waals surface area (Å²) in [5.74, 6) is -0.481. The lowest BCUT2D eigenvalue weighted by atomic mass is 9.63. The maximum Gasteiger partial charge on any atom is 0.309 e. The second kappa shape index (κ2) is 4.12. The number of fused-ring (bicyclic) bond motifs is 1. The Kier molecular flexibility index (Phi) is 2.87. The number of carboxylic acid groups (broad SMARTS) is 1. The number of carbonyl (C=O) groups is 1. The average molecular weight is 286 g/mol. The lowest BCUT2D eigenvalue weighted by Crippen LogP contribution is -2.33. The van der Waals surface area contributed by atoms with E-state index in [1.54, 1.807) is 0 Å². The molecule has 1 aromatic carbocycles. The summed E-state index contributed by atoms with van der Waals surface area (Å²) in [6, 6.07) is 6.72. The van der Waals surface area contributed by atoms with Crippen molar-refractivity contribution >= 4 is 5.97 Å². The van der Waals surface area contributed by atoms with Gasteiger partial charge in [-0.15, -0.1) is 0 Å². The summed E-state index contributed by atoms with van der Waals surface area (Å²) >= 11 is 0. The van der Waals surface area contributed by atoms with Gasteiger partial charge in [-0.05, 0) is 53.7 Å². The van der Waals surface area contributed by atoms with Gasteiger partial charge in [0.1, 0.15) is 0 Å². The van der Waals surface area contributed by atoms with E-state index in [9.17, 15) is 9.90 Å². The molecule has 3 rings (SSSR count). The molecule has 114 valence electrons. The molecule has 0 aliphatic heterocycles. The van der Waals surface area contributed by atoms with Crippen LogP contribution in [0.5, 0.6) is 0 Å². The van der Waals surface area contributed by atoms with E-state index >= 15 is 0 Å². The highest BCUT2D eigenvalue weighted by molar-refractivity contribution is 5.80. The van der Waals surface area contributed by atoms with Gasteiger partial charge in [0, 0.05) is 5.92 Å². The van der Waals surface area contributed by atoms with Crippen molar-refractivity contribution in [2.24, 2.45) is 5.41 Å². The van der Waals surface area contributed by atoms with Crippen LogP contribution in [-0.4, -0.2) is 11.1 Å². The molecular formula is C19H26O2. The minimum Gasteiger partial charge on any atom is -0.481 e. The van der Waals surface area contributed by atoms with E-state index in [0.717, 1.165) is 6.42 Å². The van der Waals surface area contributed by atoms with E-state index in [2.05, 4.69) is 45.9 Å². The first kappa shape index (κ1) is 14.6. The minimum absolute atomic E-state index is 0.182. The average Bonchev–Trinajstić information content (AvgIpc) is 3.09. The third-order valence-corrected chi connectivity index (χ3v) is 6.00. The minimum atomic E-state index is -0.662. The van der Waals surface area contributed by atoms with Gasteiger partial charge in [0.25, 0.3) is 0 Å². The molecule has 0 saturated heterocycles. The molecule has 21 heavy (non-hydrogen) atoms. The summed E-state index contributed by atoms with van der Waals surface area (Å²) in [7, 11) is 0. The van der Waals surface area contributed by atoms with Crippen molar-refractivity contribution in [3.63, 3.8) is 0 Å². The first-order valence-electron chi connectivity index (χ1n) is 7.96. The topological polar surface area (TPSA) is 37.3 Å². The van der Waals surface area contributed by atoms with Gasteiger partial charge in [0.15, 0.2) is 0 Å². The number of hydrogen-bond donors (Lipinski definition) is 1. The van der Waals surface area contributed by atoms with Crippen LogP contribution >= 0.6 is 0 Å². The summed E-state index contributed by atoms with van der Waals surface area (Å²) in [5, 5.41) is 9.37. The zero-order chi connectivity index (χ0) is 15.6. The molecule has 2 unspecified atom stereocenters. The van der Waals surface area contributed by atoms with Crippen molar-refractivity contribution in [3.05, 3.63) is 34.9 Å². The molecule has 1 N–H and O–H groups in total. The molecule has 0 amide bonds. The summed E-state index contributed by atoms with van der Waals surface area (Å²) in [4.78, 5) is 11.4. The van der Waals surface area contributed by atoms with Crippen molar-refractivity contribution in [1.29, 1.82) is 0 Å². The third kappa shape index (κ3) is 2.11. The van der Waals surface area contributed by atoms with Crippen LogP contribution in [0, 0.1) is 5.41 Å². The number of benzene rings is 1. The van der Waals surface area contributed by atoms with Crippen LogP contribution in [0.2, 0.25) is 0 Å². The Labute approximate surface area is 127 Å². The van der Waals surface area contributed by atoms with Gasteiger partial charge in [-0.25, -0.2) is 0 Å². The summed E-state index contributed by atoms with van der Waals surface area (Å²) in [6.45, 7) is 11.1. The van der Waals surface area contributed by atoms with Crippen LogP contribution in [0.1, 0.15) is 76.5 Å². The van der Waals surface area contributed by atoms with Crippen LogP contribution < -0.4 is 0 Å². The van der Waals surface area contributed by atoms with Gasteiger partial charge in [-0.1, -0.05) is 45.9 Å². The van der Waals surface area contributed by atoms with E-state index in [1.165, 1.54) is 29.5 Å². The number of hydrogen-bond acceptors (Lipinski definition) is 1. The molecule has 2 atom stereocenters. The van der Waals surface area contributed by atoms with Gasteiger partial charge in [0.2, 0.25) is 0 Å². The van der Waals surface area contributed by atoms with Gasteiger partial charge in [-0.3, -0.25) is 4.79 Å². The predicted molar refractivity (Wildman–Crippen MR) is 84.8 cm³/mol. The molecule has 0 spiro atoms. The molecule has 1 fully saturated rings. The quantitative estimate of drug-likeness (QED) is 0.861. The highest BCUT2D eigenvalue weighted by Crippen LogP contribution is 2.60. The summed E-state index contributed by atoms with van der Waals surface area (Å²) in [5.41, 5.74) is 3.95. The lowest BCUT2D eigenvalue weighted by molar-refractivity contribution is -0.142. The number of aliphatic carboxylic acids is 1. The Hall–Kier alpha value is -1.31. The Bertz CT molecular complexity index is 612. The second-order valence-electron chi connectivity index (χ2n) is 8.55. The smallest absolute Gasteiger partial charge is 0.309 e. The van der Waals surface area contributed by atoms with E-state index in [0.29, 0.717) is 0 Å². The molecular weight excluding hydrogens is 260 g/mol. The fraction of sp³-hybridized carbons (Fsp3) is 0.632. The zero-order valence-corrected chi connectivity index (χ0v) is 13.8. The Balaban J connectivity index is 2.04. The first-order chi connectivity index (χ1) is 9.58. The second-order valence-corrected chi connectivity index (χ2v) is 8.55. The molecule has 2 aliphatic carbocycles. The maximum absolute atomic E-state index is 11.4. The fourth-order valence-electron chi connectivity index (χ4n) is 3.91.